The average molecular weight is 408 g/mol. The van der Waals surface area contributed by atoms with E-state index in [1.54, 1.807) is 24.3 Å². The molecule has 2 aromatic rings. The summed E-state index contributed by atoms with van der Waals surface area (Å²) in [5.74, 6) is 0.0621. The molecule has 0 atom stereocenters. The number of rotatable bonds is 7. The van der Waals surface area contributed by atoms with Crippen LogP contribution in [-0.2, 0) is 30.3 Å². The normalized spacial score (nSPS) is 13.7. The minimum atomic E-state index is -4.42. The third kappa shape index (κ3) is 5.47. The zero-order chi connectivity index (χ0) is 20.9. The van der Waals surface area contributed by atoms with Crippen LogP contribution in [0.4, 0.5) is 13.2 Å². The quantitative estimate of drug-likeness (QED) is 0.556. The second-order valence-corrected chi connectivity index (χ2v) is 6.84. The first-order valence-corrected chi connectivity index (χ1v) is 9.49. The molecule has 3 rings (SSSR count). The second kappa shape index (κ2) is 9.26. The lowest BCUT2D eigenvalue weighted by atomic mass is 10.00. The smallest absolute Gasteiger partial charge is 0.418 e. The second-order valence-electron chi connectivity index (χ2n) is 6.84. The molecule has 0 amide bonds. The molecule has 2 heterocycles. The number of fused-ring (bicyclic) bond motifs is 1. The topological polar surface area (TPSA) is 60.5 Å². The minimum absolute atomic E-state index is 0.103. The number of methoxy groups -OCH3 is 1. The number of halogens is 3. The summed E-state index contributed by atoms with van der Waals surface area (Å²) in [6.07, 6.45) is -2.45. The van der Waals surface area contributed by atoms with Crippen LogP contribution in [0.5, 0.6) is 5.75 Å². The predicted molar refractivity (Wildman–Crippen MR) is 101 cm³/mol. The first-order valence-electron chi connectivity index (χ1n) is 9.49. The largest absolute Gasteiger partial charge is 0.494 e. The lowest BCUT2D eigenvalue weighted by Crippen LogP contribution is -2.26. The Morgan fingerprint density at radius 2 is 2.07 bits per heavy atom. The molecular weight excluding hydrogens is 385 g/mol. The van der Waals surface area contributed by atoms with E-state index in [1.165, 1.54) is 13.2 Å². The molecule has 5 nitrogen and oxygen atoms in total. The van der Waals surface area contributed by atoms with Gasteiger partial charge in [0.15, 0.2) is 0 Å². The number of esters is 1. The summed E-state index contributed by atoms with van der Waals surface area (Å²) in [5.41, 5.74) is 1.22. The highest BCUT2D eigenvalue weighted by Crippen LogP contribution is 2.34. The van der Waals surface area contributed by atoms with Crippen molar-refractivity contribution in [3.63, 3.8) is 0 Å². The Kier molecular flexibility index (Phi) is 6.74. The Morgan fingerprint density at radius 1 is 1.24 bits per heavy atom. The van der Waals surface area contributed by atoms with Gasteiger partial charge >= 0.3 is 12.1 Å². The Bertz CT molecular complexity index is 869. The van der Waals surface area contributed by atoms with Crippen LogP contribution in [0.2, 0.25) is 0 Å². The van der Waals surface area contributed by atoms with Crippen LogP contribution < -0.4 is 10.1 Å². The maximum absolute atomic E-state index is 13.4. The summed E-state index contributed by atoms with van der Waals surface area (Å²) < 4.78 is 50.5. The number of carbonyl (C=O) groups is 1. The van der Waals surface area contributed by atoms with E-state index < -0.39 is 17.7 Å². The van der Waals surface area contributed by atoms with E-state index in [1.807, 2.05) is 0 Å². The fraction of sp³-hybridized carbons (Fsp3) is 0.429. The molecule has 1 aliphatic heterocycles. The number of pyridine rings is 1. The number of alkyl halides is 3. The van der Waals surface area contributed by atoms with E-state index in [9.17, 15) is 18.0 Å². The van der Waals surface area contributed by atoms with Gasteiger partial charge in [-0.3, -0.25) is 4.98 Å². The summed E-state index contributed by atoms with van der Waals surface area (Å²) in [6, 6.07) is 7.83. The number of hydrogen-bond donors (Lipinski definition) is 1. The molecule has 1 aromatic carbocycles. The molecule has 0 fully saturated rings. The number of aryl methyl sites for hydroxylation is 1. The third-order valence-corrected chi connectivity index (χ3v) is 4.76. The number of nitrogens with one attached hydrogen (secondary N) is 1. The average Bonchev–Trinajstić information content (AvgIpc) is 2.71. The van der Waals surface area contributed by atoms with Crippen LogP contribution in [0.3, 0.4) is 0 Å². The van der Waals surface area contributed by atoms with Gasteiger partial charge in [0.1, 0.15) is 5.75 Å². The lowest BCUT2D eigenvalue weighted by molar-refractivity contribution is -0.138. The van der Waals surface area contributed by atoms with E-state index in [0.29, 0.717) is 49.3 Å². The zero-order valence-corrected chi connectivity index (χ0v) is 16.1. The van der Waals surface area contributed by atoms with Crippen LogP contribution in [0, 0.1) is 0 Å². The molecule has 0 unspecified atom stereocenters. The summed E-state index contributed by atoms with van der Waals surface area (Å²) >= 11 is 0. The van der Waals surface area contributed by atoms with E-state index >= 15 is 0 Å². The SMILES string of the molecule is COC(=O)c1cccc(OCCCCc2nc3c(cc2C(F)(F)F)CNCC3)c1. The fourth-order valence-electron chi connectivity index (χ4n) is 3.29. The Labute approximate surface area is 167 Å². The van der Waals surface area contributed by atoms with Gasteiger partial charge in [-0.2, -0.15) is 13.2 Å². The molecule has 0 spiro atoms. The number of unbranched alkanes of at least 4 members (excludes halogenated alkanes) is 1. The highest BCUT2D eigenvalue weighted by atomic mass is 19.4. The number of benzene rings is 1. The Balaban J connectivity index is 1.57. The van der Waals surface area contributed by atoms with Gasteiger partial charge in [0.2, 0.25) is 0 Å². The Morgan fingerprint density at radius 3 is 2.83 bits per heavy atom. The van der Waals surface area contributed by atoms with E-state index in [0.717, 1.165) is 12.2 Å². The van der Waals surface area contributed by atoms with Crippen molar-refractivity contribution in [3.05, 3.63) is 58.4 Å². The molecule has 0 radical (unpaired) electrons. The number of nitrogens with zero attached hydrogens (tertiary/aromatic N) is 1. The molecule has 0 aliphatic carbocycles. The van der Waals surface area contributed by atoms with Gasteiger partial charge in [0.05, 0.1) is 30.5 Å². The minimum Gasteiger partial charge on any atom is -0.494 e. The summed E-state index contributed by atoms with van der Waals surface area (Å²) in [4.78, 5) is 15.9. The maximum atomic E-state index is 13.4. The molecule has 1 aromatic heterocycles. The van der Waals surface area contributed by atoms with Crippen molar-refractivity contribution in [3.8, 4) is 5.75 Å². The van der Waals surface area contributed by atoms with Crippen molar-refractivity contribution in [1.29, 1.82) is 0 Å². The first kappa shape index (κ1) is 21.1. The monoisotopic (exact) mass is 408 g/mol. The van der Waals surface area contributed by atoms with E-state index in [-0.39, 0.29) is 12.1 Å². The standard InChI is InChI=1S/C21H23F3N2O3/c1-28-20(27)14-5-4-6-16(11-14)29-10-3-2-7-19-17(21(22,23)24)12-15-13-25-9-8-18(15)26-19/h4-6,11-12,25H,2-3,7-10,13H2,1H3. The van der Waals surface area contributed by atoms with Crippen LogP contribution >= 0.6 is 0 Å². The number of aromatic nitrogens is 1. The van der Waals surface area contributed by atoms with Crippen molar-refractivity contribution in [2.45, 2.75) is 38.4 Å². The molecule has 0 saturated carbocycles. The predicted octanol–water partition coefficient (Wildman–Crippen LogP) is 3.93. The molecule has 156 valence electrons. The summed E-state index contributed by atoms with van der Waals surface area (Å²) in [6.45, 7) is 1.48. The third-order valence-electron chi connectivity index (χ3n) is 4.76. The highest BCUT2D eigenvalue weighted by molar-refractivity contribution is 5.89. The van der Waals surface area contributed by atoms with Gasteiger partial charge in [0.25, 0.3) is 0 Å². The molecule has 1 aliphatic rings. The summed E-state index contributed by atoms with van der Waals surface area (Å²) in [5, 5.41) is 3.08. The van der Waals surface area contributed by atoms with E-state index in [2.05, 4.69) is 15.0 Å². The lowest BCUT2D eigenvalue weighted by Gasteiger charge is -2.21. The molecule has 0 saturated heterocycles. The first-order chi connectivity index (χ1) is 13.9. The van der Waals surface area contributed by atoms with Crippen LogP contribution in [0.25, 0.3) is 0 Å². The summed E-state index contributed by atoms with van der Waals surface area (Å²) in [7, 11) is 1.30. The molecule has 1 N–H and O–H groups in total. The van der Waals surface area contributed by atoms with Gasteiger partial charge in [-0.25, -0.2) is 4.79 Å². The van der Waals surface area contributed by atoms with Gasteiger partial charge in [0, 0.05) is 25.2 Å². The van der Waals surface area contributed by atoms with Gasteiger partial charge < -0.3 is 14.8 Å². The van der Waals surface area contributed by atoms with Crippen molar-refractivity contribution in [2.75, 3.05) is 20.3 Å². The molecule has 8 heteroatoms. The van der Waals surface area contributed by atoms with Gasteiger partial charge in [-0.15, -0.1) is 0 Å². The van der Waals surface area contributed by atoms with Crippen molar-refractivity contribution < 1.29 is 27.4 Å². The maximum Gasteiger partial charge on any atom is 0.418 e. The van der Waals surface area contributed by atoms with Gasteiger partial charge in [-0.1, -0.05) is 6.07 Å². The van der Waals surface area contributed by atoms with Crippen molar-refractivity contribution in [1.82, 2.24) is 10.3 Å². The van der Waals surface area contributed by atoms with Crippen LogP contribution in [0.1, 0.15) is 45.7 Å². The van der Waals surface area contributed by atoms with E-state index in [4.69, 9.17) is 4.74 Å². The van der Waals surface area contributed by atoms with Crippen LogP contribution in [-0.4, -0.2) is 31.2 Å². The molecule has 0 bridgehead atoms. The molecular formula is C21H23F3N2O3. The zero-order valence-electron chi connectivity index (χ0n) is 16.1. The molecule has 29 heavy (non-hydrogen) atoms. The number of carbonyl (C=O) groups excluding carboxylic acids is 1. The van der Waals surface area contributed by atoms with Crippen molar-refractivity contribution in [2.24, 2.45) is 0 Å². The van der Waals surface area contributed by atoms with Gasteiger partial charge in [-0.05, 0) is 49.1 Å². The highest BCUT2D eigenvalue weighted by Gasteiger charge is 2.35. The number of hydrogen-bond acceptors (Lipinski definition) is 5. The van der Waals surface area contributed by atoms with Crippen molar-refractivity contribution >= 4 is 5.97 Å². The Hall–Kier alpha value is -2.61. The fourth-order valence-corrected chi connectivity index (χ4v) is 3.29. The van der Waals surface area contributed by atoms with Crippen LogP contribution in [0.15, 0.2) is 30.3 Å². The number of ether oxygens (including phenoxy) is 2.